The second-order valence-electron chi connectivity index (χ2n) is 5.88. The van der Waals surface area contributed by atoms with Gasteiger partial charge >= 0.3 is 0 Å². The third-order valence-electron chi connectivity index (χ3n) is 4.21. The van der Waals surface area contributed by atoms with E-state index in [1.807, 2.05) is 41.6 Å². The molecule has 3 heterocycles. The van der Waals surface area contributed by atoms with Crippen molar-refractivity contribution in [3.8, 4) is 0 Å². The van der Waals surface area contributed by atoms with Crippen molar-refractivity contribution in [2.45, 2.75) is 25.7 Å². The Labute approximate surface area is 131 Å². The Morgan fingerprint density at radius 2 is 2.18 bits per heavy atom. The molecule has 1 amide bonds. The van der Waals surface area contributed by atoms with Crippen molar-refractivity contribution in [1.82, 2.24) is 14.9 Å². The molecule has 0 aliphatic carbocycles. The molecule has 22 heavy (non-hydrogen) atoms. The van der Waals surface area contributed by atoms with Crippen LogP contribution in [-0.4, -0.2) is 33.9 Å². The monoisotopic (exact) mass is 295 g/mol. The highest BCUT2D eigenvalue weighted by Crippen LogP contribution is 2.21. The molecule has 0 bridgehead atoms. The van der Waals surface area contributed by atoms with Crippen LogP contribution in [-0.2, 0) is 17.6 Å². The molecule has 0 saturated carbocycles. The van der Waals surface area contributed by atoms with Crippen LogP contribution >= 0.6 is 0 Å². The van der Waals surface area contributed by atoms with Gasteiger partial charge < -0.3 is 4.90 Å². The average molecular weight is 295 g/mol. The van der Waals surface area contributed by atoms with Gasteiger partial charge in [0.15, 0.2) is 0 Å². The maximum Gasteiger partial charge on any atom is 0.222 e. The smallest absolute Gasteiger partial charge is 0.222 e. The molecule has 114 valence electrons. The van der Waals surface area contributed by atoms with Crippen molar-refractivity contribution in [3.05, 3.63) is 60.2 Å². The molecule has 1 aliphatic heterocycles. The first-order valence-electron chi connectivity index (χ1n) is 7.88. The summed E-state index contributed by atoms with van der Waals surface area (Å²) in [5.41, 5.74) is 2.25. The van der Waals surface area contributed by atoms with E-state index in [1.54, 1.807) is 6.20 Å². The van der Waals surface area contributed by atoms with E-state index in [2.05, 4.69) is 16.0 Å². The fourth-order valence-electron chi connectivity index (χ4n) is 3.00. The van der Waals surface area contributed by atoms with Crippen LogP contribution in [0, 0.1) is 5.92 Å². The number of nitrogens with zero attached hydrogens (tertiary/aromatic N) is 3. The molecule has 4 heteroatoms. The largest absolute Gasteiger partial charge is 0.342 e. The summed E-state index contributed by atoms with van der Waals surface area (Å²) in [5.74, 6) is 0.796. The Morgan fingerprint density at radius 1 is 1.23 bits per heavy atom. The average Bonchev–Trinajstić information content (AvgIpc) is 3.03. The van der Waals surface area contributed by atoms with E-state index in [1.165, 1.54) is 0 Å². The van der Waals surface area contributed by atoms with Crippen LogP contribution in [0.3, 0.4) is 0 Å². The van der Waals surface area contributed by atoms with Crippen molar-refractivity contribution in [1.29, 1.82) is 0 Å². The number of rotatable bonds is 5. The van der Waals surface area contributed by atoms with Crippen LogP contribution in [0.4, 0.5) is 0 Å². The second kappa shape index (κ2) is 7.16. The molecule has 2 aromatic heterocycles. The Morgan fingerprint density at radius 3 is 2.95 bits per heavy atom. The predicted molar refractivity (Wildman–Crippen MR) is 85.2 cm³/mol. The van der Waals surface area contributed by atoms with Crippen LogP contribution in [0.25, 0.3) is 0 Å². The summed E-state index contributed by atoms with van der Waals surface area (Å²) in [7, 11) is 0. The highest BCUT2D eigenvalue weighted by Gasteiger charge is 2.26. The number of pyridine rings is 2. The summed E-state index contributed by atoms with van der Waals surface area (Å²) < 4.78 is 0. The number of hydrogen-bond donors (Lipinski definition) is 0. The molecule has 1 atom stereocenters. The first-order valence-corrected chi connectivity index (χ1v) is 7.88. The minimum atomic E-state index is 0.257. The molecule has 1 saturated heterocycles. The summed E-state index contributed by atoms with van der Waals surface area (Å²) >= 11 is 0. The van der Waals surface area contributed by atoms with Gasteiger partial charge in [0.2, 0.25) is 5.91 Å². The van der Waals surface area contributed by atoms with E-state index in [9.17, 15) is 4.79 Å². The first kappa shape index (κ1) is 14.7. The van der Waals surface area contributed by atoms with E-state index in [0.29, 0.717) is 12.3 Å². The number of hydrogen-bond acceptors (Lipinski definition) is 3. The molecule has 1 fully saturated rings. The second-order valence-corrected chi connectivity index (χ2v) is 5.88. The van der Waals surface area contributed by atoms with Gasteiger partial charge in [-0.2, -0.15) is 0 Å². The summed E-state index contributed by atoms with van der Waals surface area (Å²) in [6, 6.07) is 9.96. The normalized spacial score (nSPS) is 17.6. The zero-order valence-electron chi connectivity index (χ0n) is 12.7. The molecule has 2 aromatic rings. The van der Waals surface area contributed by atoms with E-state index < -0.39 is 0 Å². The van der Waals surface area contributed by atoms with E-state index in [0.717, 1.165) is 43.6 Å². The predicted octanol–water partition coefficient (Wildman–Crippen LogP) is 2.50. The lowest BCUT2D eigenvalue weighted by Gasteiger charge is -2.16. The van der Waals surface area contributed by atoms with Crippen molar-refractivity contribution >= 4 is 5.91 Å². The molecule has 0 N–H and O–H groups in total. The first-order chi connectivity index (χ1) is 10.8. The van der Waals surface area contributed by atoms with Gasteiger partial charge in [0.25, 0.3) is 0 Å². The van der Waals surface area contributed by atoms with Gasteiger partial charge in [-0.15, -0.1) is 0 Å². The SMILES string of the molecule is O=C(CCc1cccnc1)N1CCC(Cc2ccccn2)C1. The number of carbonyl (C=O) groups excluding carboxylic acids is 1. The van der Waals surface area contributed by atoms with E-state index in [4.69, 9.17) is 0 Å². The number of carbonyl (C=O) groups is 1. The van der Waals surface area contributed by atoms with Crippen LogP contribution < -0.4 is 0 Å². The molecule has 1 unspecified atom stereocenters. The molecule has 1 aliphatic rings. The minimum Gasteiger partial charge on any atom is -0.342 e. The summed E-state index contributed by atoms with van der Waals surface area (Å²) in [4.78, 5) is 22.8. The Hall–Kier alpha value is -2.23. The lowest BCUT2D eigenvalue weighted by Crippen LogP contribution is -2.29. The molecular formula is C18H21N3O. The Kier molecular flexibility index (Phi) is 4.78. The molecule has 0 spiro atoms. The lowest BCUT2D eigenvalue weighted by molar-refractivity contribution is -0.130. The number of likely N-dealkylation sites (tertiary alicyclic amines) is 1. The van der Waals surface area contributed by atoms with Gasteiger partial charge in [-0.3, -0.25) is 14.8 Å². The zero-order chi connectivity index (χ0) is 15.2. The highest BCUT2D eigenvalue weighted by molar-refractivity contribution is 5.76. The molecule has 0 aromatic carbocycles. The van der Waals surface area contributed by atoms with Crippen molar-refractivity contribution in [2.75, 3.05) is 13.1 Å². The van der Waals surface area contributed by atoms with Crippen LogP contribution in [0.1, 0.15) is 24.1 Å². The van der Waals surface area contributed by atoms with Crippen LogP contribution in [0.5, 0.6) is 0 Å². The van der Waals surface area contributed by atoms with Gasteiger partial charge in [0, 0.05) is 43.8 Å². The third-order valence-corrected chi connectivity index (χ3v) is 4.21. The van der Waals surface area contributed by atoms with Gasteiger partial charge in [0.05, 0.1) is 0 Å². The van der Waals surface area contributed by atoms with Gasteiger partial charge in [-0.25, -0.2) is 0 Å². The topological polar surface area (TPSA) is 46.1 Å². The minimum absolute atomic E-state index is 0.257. The van der Waals surface area contributed by atoms with Crippen LogP contribution in [0.2, 0.25) is 0 Å². The quantitative estimate of drug-likeness (QED) is 0.851. The Balaban J connectivity index is 1.46. The highest BCUT2D eigenvalue weighted by atomic mass is 16.2. The standard InChI is InChI=1S/C18H21N3O/c22-18(7-6-15-4-3-9-19-13-15)21-11-8-16(14-21)12-17-5-1-2-10-20-17/h1-5,9-10,13,16H,6-8,11-12,14H2. The summed E-state index contributed by atoms with van der Waals surface area (Å²) in [6.45, 7) is 1.74. The van der Waals surface area contributed by atoms with E-state index >= 15 is 0 Å². The number of aromatic nitrogens is 2. The van der Waals surface area contributed by atoms with Crippen molar-refractivity contribution < 1.29 is 4.79 Å². The van der Waals surface area contributed by atoms with E-state index in [-0.39, 0.29) is 5.91 Å². The molecule has 4 nitrogen and oxygen atoms in total. The maximum atomic E-state index is 12.3. The van der Waals surface area contributed by atoms with Crippen LogP contribution in [0.15, 0.2) is 48.9 Å². The third kappa shape index (κ3) is 3.91. The summed E-state index contributed by atoms with van der Waals surface area (Å²) in [5, 5.41) is 0. The molecule has 0 radical (unpaired) electrons. The molecular weight excluding hydrogens is 274 g/mol. The van der Waals surface area contributed by atoms with Gasteiger partial charge in [0.1, 0.15) is 0 Å². The Bertz CT molecular complexity index is 600. The zero-order valence-corrected chi connectivity index (χ0v) is 12.7. The van der Waals surface area contributed by atoms with Crippen molar-refractivity contribution in [2.24, 2.45) is 5.92 Å². The number of amides is 1. The lowest BCUT2D eigenvalue weighted by atomic mass is 10.0. The van der Waals surface area contributed by atoms with Gasteiger partial charge in [-0.05, 0) is 48.9 Å². The fraction of sp³-hybridized carbons (Fsp3) is 0.389. The van der Waals surface area contributed by atoms with Crippen molar-refractivity contribution in [3.63, 3.8) is 0 Å². The van der Waals surface area contributed by atoms with Gasteiger partial charge in [-0.1, -0.05) is 12.1 Å². The fourth-order valence-corrected chi connectivity index (χ4v) is 3.00. The molecule has 3 rings (SSSR count). The maximum absolute atomic E-state index is 12.3. The number of aryl methyl sites for hydroxylation is 1. The summed E-state index contributed by atoms with van der Waals surface area (Å²) in [6.07, 6.45) is 8.81.